The Morgan fingerprint density at radius 3 is 2.55 bits per heavy atom. The van der Waals surface area contributed by atoms with E-state index in [1.54, 1.807) is 7.11 Å². The van der Waals surface area contributed by atoms with Crippen LogP contribution in [0.1, 0.15) is 45.9 Å². The quantitative estimate of drug-likeness (QED) is 0.700. The number of amides is 1. The van der Waals surface area contributed by atoms with Crippen molar-refractivity contribution in [3.8, 4) is 5.75 Å². The lowest BCUT2D eigenvalue weighted by Gasteiger charge is -2.39. The van der Waals surface area contributed by atoms with E-state index < -0.39 is 0 Å². The van der Waals surface area contributed by atoms with Gasteiger partial charge in [-0.3, -0.25) is 14.5 Å². The molecule has 1 aliphatic heterocycles. The molecule has 5 nitrogen and oxygen atoms in total. The zero-order valence-electron chi connectivity index (χ0n) is 17.8. The van der Waals surface area contributed by atoms with Gasteiger partial charge in [0.05, 0.1) is 13.2 Å². The molecule has 1 unspecified atom stereocenters. The van der Waals surface area contributed by atoms with E-state index in [0.29, 0.717) is 18.7 Å². The fourth-order valence-corrected chi connectivity index (χ4v) is 3.75. The highest BCUT2D eigenvalue weighted by Crippen LogP contribution is 2.27. The van der Waals surface area contributed by atoms with Gasteiger partial charge in [0.2, 0.25) is 5.91 Å². The Kier molecular flexibility index (Phi) is 6.70. The van der Waals surface area contributed by atoms with E-state index in [1.807, 2.05) is 55.1 Å². The number of methoxy groups -OCH3 is 1. The van der Waals surface area contributed by atoms with Crippen molar-refractivity contribution in [2.75, 3.05) is 33.8 Å². The highest BCUT2D eigenvalue weighted by atomic mass is 16.5. The van der Waals surface area contributed by atoms with Crippen molar-refractivity contribution >= 4 is 11.7 Å². The molecule has 0 bridgehead atoms. The standard InChI is InChI=1S/C24H30N2O3/c1-17-8-9-20(14-18(17)2)23(27)10-11-24(28)26-13-12-25(3)22(16-26)19-6-5-7-21(15-19)29-4/h5-9,14-15,22H,10-13,16H2,1-4H3. The minimum atomic E-state index is 0.0277. The van der Waals surface area contributed by atoms with Crippen LogP contribution in [-0.2, 0) is 4.79 Å². The van der Waals surface area contributed by atoms with Gasteiger partial charge in [-0.15, -0.1) is 0 Å². The number of aryl methyl sites for hydroxylation is 2. The zero-order chi connectivity index (χ0) is 21.0. The van der Waals surface area contributed by atoms with Crippen LogP contribution in [0.15, 0.2) is 42.5 Å². The van der Waals surface area contributed by atoms with Crippen molar-refractivity contribution in [3.05, 3.63) is 64.7 Å². The van der Waals surface area contributed by atoms with E-state index >= 15 is 0 Å². The van der Waals surface area contributed by atoms with Crippen LogP contribution in [0.4, 0.5) is 0 Å². The summed E-state index contributed by atoms with van der Waals surface area (Å²) in [5, 5.41) is 0. The molecule has 0 saturated carbocycles. The third kappa shape index (κ3) is 5.04. The molecule has 1 heterocycles. The Hall–Kier alpha value is -2.66. The molecule has 0 radical (unpaired) electrons. The van der Waals surface area contributed by atoms with Crippen molar-refractivity contribution in [3.63, 3.8) is 0 Å². The average molecular weight is 395 g/mol. The molecule has 0 spiro atoms. The van der Waals surface area contributed by atoms with Crippen LogP contribution >= 0.6 is 0 Å². The first-order chi connectivity index (χ1) is 13.9. The van der Waals surface area contributed by atoms with E-state index in [1.165, 1.54) is 5.56 Å². The van der Waals surface area contributed by atoms with Crippen LogP contribution in [0, 0.1) is 13.8 Å². The summed E-state index contributed by atoms with van der Waals surface area (Å²) in [6, 6.07) is 13.8. The topological polar surface area (TPSA) is 49.9 Å². The second-order valence-electron chi connectivity index (χ2n) is 7.83. The molecule has 1 atom stereocenters. The summed E-state index contributed by atoms with van der Waals surface area (Å²) < 4.78 is 5.34. The molecule has 0 aromatic heterocycles. The van der Waals surface area contributed by atoms with E-state index in [4.69, 9.17) is 4.74 Å². The predicted molar refractivity (Wildman–Crippen MR) is 114 cm³/mol. The molecule has 1 saturated heterocycles. The van der Waals surface area contributed by atoms with Gasteiger partial charge in [-0.2, -0.15) is 0 Å². The smallest absolute Gasteiger partial charge is 0.223 e. The highest BCUT2D eigenvalue weighted by molar-refractivity contribution is 5.98. The van der Waals surface area contributed by atoms with Crippen LogP contribution in [-0.4, -0.2) is 55.3 Å². The number of hydrogen-bond donors (Lipinski definition) is 0. The Bertz CT molecular complexity index is 893. The summed E-state index contributed by atoms with van der Waals surface area (Å²) in [5.41, 5.74) is 4.09. The molecular weight excluding hydrogens is 364 g/mol. The number of Topliss-reactive ketones (excluding diaryl/α,β-unsaturated/α-hetero) is 1. The third-order valence-electron chi connectivity index (χ3n) is 5.87. The molecule has 1 fully saturated rings. The van der Waals surface area contributed by atoms with Crippen molar-refractivity contribution in [1.82, 2.24) is 9.80 Å². The van der Waals surface area contributed by atoms with Gasteiger partial charge in [-0.25, -0.2) is 0 Å². The molecule has 1 amide bonds. The van der Waals surface area contributed by atoms with E-state index in [2.05, 4.69) is 18.0 Å². The lowest BCUT2D eigenvalue weighted by molar-refractivity contribution is -0.134. The number of likely N-dealkylation sites (N-methyl/N-ethyl adjacent to an activating group) is 1. The fraction of sp³-hybridized carbons (Fsp3) is 0.417. The van der Waals surface area contributed by atoms with E-state index in [-0.39, 0.29) is 30.6 Å². The molecule has 29 heavy (non-hydrogen) atoms. The predicted octanol–water partition coefficient (Wildman–Crippen LogP) is 3.79. The second-order valence-corrected chi connectivity index (χ2v) is 7.83. The Labute approximate surface area is 173 Å². The monoisotopic (exact) mass is 394 g/mol. The molecule has 3 rings (SSSR count). The van der Waals surface area contributed by atoms with Gasteiger partial charge in [-0.05, 0) is 55.8 Å². The van der Waals surface area contributed by atoms with Crippen LogP contribution in [0.25, 0.3) is 0 Å². The average Bonchev–Trinajstić information content (AvgIpc) is 2.74. The van der Waals surface area contributed by atoms with Crippen molar-refractivity contribution < 1.29 is 14.3 Å². The van der Waals surface area contributed by atoms with Crippen molar-refractivity contribution in [1.29, 1.82) is 0 Å². The maximum atomic E-state index is 12.8. The van der Waals surface area contributed by atoms with Crippen LogP contribution < -0.4 is 4.74 Å². The number of ketones is 1. The first-order valence-corrected chi connectivity index (χ1v) is 10.1. The Morgan fingerprint density at radius 2 is 1.83 bits per heavy atom. The summed E-state index contributed by atoms with van der Waals surface area (Å²) in [6.07, 6.45) is 0.498. The number of ether oxygens (including phenoxy) is 1. The Balaban J connectivity index is 1.61. The number of rotatable bonds is 6. The molecular formula is C24H30N2O3. The maximum absolute atomic E-state index is 12.8. The van der Waals surface area contributed by atoms with Gasteiger partial charge < -0.3 is 9.64 Å². The number of benzene rings is 2. The number of nitrogens with zero attached hydrogens (tertiary/aromatic N) is 2. The van der Waals surface area contributed by atoms with Gasteiger partial charge in [0.25, 0.3) is 0 Å². The van der Waals surface area contributed by atoms with Gasteiger partial charge in [0.15, 0.2) is 5.78 Å². The van der Waals surface area contributed by atoms with Crippen molar-refractivity contribution in [2.45, 2.75) is 32.7 Å². The van der Waals surface area contributed by atoms with Crippen LogP contribution in [0.3, 0.4) is 0 Å². The number of carbonyl (C=O) groups is 2. The maximum Gasteiger partial charge on any atom is 0.223 e. The fourth-order valence-electron chi connectivity index (χ4n) is 3.75. The lowest BCUT2D eigenvalue weighted by atomic mass is 10.00. The molecule has 2 aromatic rings. The summed E-state index contributed by atoms with van der Waals surface area (Å²) >= 11 is 0. The summed E-state index contributed by atoms with van der Waals surface area (Å²) in [4.78, 5) is 29.5. The highest BCUT2D eigenvalue weighted by Gasteiger charge is 2.28. The largest absolute Gasteiger partial charge is 0.497 e. The van der Waals surface area contributed by atoms with Crippen molar-refractivity contribution in [2.24, 2.45) is 0 Å². The second kappa shape index (κ2) is 9.23. The first-order valence-electron chi connectivity index (χ1n) is 10.1. The molecule has 0 aliphatic carbocycles. The molecule has 1 aliphatic rings. The van der Waals surface area contributed by atoms with Gasteiger partial charge >= 0.3 is 0 Å². The summed E-state index contributed by atoms with van der Waals surface area (Å²) in [7, 11) is 3.74. The summed E-state index contributed by atoms with van der Waals surface area (Å²) in [5.74, 6) is 0.890. The molecule has 2 aromatic carbocycles. The lowest BCUT2D eigenvalue weighted by Crippen LogP contribution is -2.49. The molecule has 5 heteroatoms. The number of hydrogen-bond acceptors (Lipinski definition) is 4. The Morgan fingerprint density at radius 1 is 1.03 bits per heavy atom. The normalized spacial score (nSPS) is 17.2. The van der Waals surface area contributed by atoms with Crippen LogP contribution in [0.2, 0.25) is 0 Å². The van der Waals surface area contributed by atoms with E-state index in [0.717, 1.165) is 23.4 Å². The summed E-state index contributed by atoms with van der Waals surface area (Å²) in [6.45, 7) is 6.14. The zero-order valence-corrected chi connectivity index (χ0v) is 17.8. The van der Waals surface area contributed by atoms with Crippen LogP contribution in [0.5, 0.6) is 5.75 Å². The first kappa shape index (κ1) is 21.1. The minimum absolute atomic E-state index is 0.0277. The van der Waals surface area contributed by atoms with E-state index in [9.17, 15) is 9.59 Å². The molecule has 154 valence electrons. The number of carbonyl (C=O) groups excluding carboxylic acids is 2. The molecule has 0 N–H and O–H groups in total. The minimum Gasteiger partial charge on any atom is -0.497 e. The number of piperazine rings is 1. The van der Waals surface area contributed by atoms with Gasteiger partial charge in [-0.1, -0.05) is 24.3 Å². The SMILES string of the molecule is COc1cccc(C2CN(C(=O)CCC(=O)c3ccc(C)c(C)c3)CCN2C)c1. The third-order valence-corrected chi connectivity index (χ3v) is 5.87. The van der Waals surface area contributed by atoms with Gasteiger partial charge in [0, 0.05) is 38.0 Å². The van der Waals surface area contributed by atoms with Gasteiger partial charge in [0.1, 0.15) is 5.75 Å².